The maximum Gasteiger partial charge on any atom is 0.279 e. The maximum atomic E-state index is 12.6. The van der Waals surface area contributed by atoms with E-state index < -0.39 is 0 Å². The number of Topliss-reactive ketones (excluding diaryl/α,β-unsaturated/α-hetero) is 1. The summed E-state index contributed by atoms with van der Waals surface area (Å²) < 4.78 is 10.7. The second-order valence-corrected chi connectivity index (χ2v) is 6.73. The summed E-state index contributed by atoms with van der Waals surface area (Å²) in [4.78, 5) is 25.7. The molecule has 26 heavy (non-hydrogen) atoms. The third-order valence-corrected chi connectivity index (χ3v) is 4.88. The minimum absolute atomic E-state index is 0.110. The summed E-state index contributed by atoms with van der Waals surface area (Å²) in [5.74, 6) is 0.842. The van der Waals surface area contributed by atoms with Crippen LogP contribution in [0.5, 0.6) is 11.5 Å². The Bertz CT molecular complexity index is 878. The lowest BCUT2D eigenvalue weighted by Gasteiger charge is -2.25. The predicted octanol–water partition coefficient (Wildman–Crippen LogP) is 1.20. The van der Waals surface area contributed by atoms with Crippen molar-refractivity contribution in [2.24, 2.45) is 0 Å². The maximum absolute atomic E-state index is 12.6. The fourth-order valence-electron chi connectivity index (χ4n) is 3.55. The lowest BCUT2D eigenvalue weighted by atomic mass is 10.00. The quantitative estimate of drug-likeness (QED) is 0.811. The fraction of sp³-hybridized carbons (Fsp3) is 0.300. The molecule has 0 bridgehead atoms. The highest BCUT2D eigenvalue weighted by atomic mass is 16.7. The zero-order valence-electron chi connectivity index (χ0n) is 14.6. The molecule has 6 heteroatoms. The standard InChI is InChI=1S/C20H20N2O4/c1-13(23)16-8-18-19(26-12-25-18)9-17(16)21-20(24)11-22-7-6-14-4-2-3-5-15(14)10-22/h2-5,8-9H,6-7,10-12H2,1H3,(H,21,24)/p+1. The van der Waals surface area contributed by atoms with Crippen molar-refractivity contribution < 1.29 is 24.0 Å². The number of hydrogen-bond acceptors (Lipinski definition) is 4. The summed E-state index contributed by atoms with van der Waals surface area (Å²) in [5.41, 5.74) is 3.57. The van der Waals surface area contributed by atoms with Gasteiger partial charge in [0.2, 0.25) is 6.79 Å². The normalized spacial score (nSPS) is 17.5. The van der Waals surface area contributed by atoms with Crippen LogP contribution in [0.2, 0.25) is 0 Å². The Morgan fingerprint density at radius 1 is 1.12 bits per heavy atom. The van der Waals surface area contributed by atoms with Crippen molar-refractivity contribution in [1.29, 1.82) is 0 Å². The van der Waals surface area contributed by atoms with Crippen molar-refractivity contribution in [2.45, 2.75) is 19.9 Å². The summed E-state index contributed by atoms with van der Waals surface area (Å²) in [5, 5.41) is 2.88. The second-order valence-electron chi connectivity index (χ2n) is 6.73. The van der Waals surface area contributed by atoms with Crippen molar-refractivity contribution in [3.05, 3.63) is 53.1 Å². The lowest BCUT2D eigenvalue weighted by Crippen LogP contribution is -3.12. The van der Waals surface area contributed by atoms with Crippen molar-refractivity contribution in [1.82, 2.24) is 0 Å². The van der Waals surface area contributed by atoms with Crippen LogP contribution in [0.1, 0.15) is 28.4 Å². The van der Waals surface area contributed by atoms with Gasteiger partial charge in [-0.2, -0.15) is 0 Å². The molecule has 0 radical (unpaired) electrons. The van der Waals surface area contributed by atoms with E-state index in [-0.39, 0.29) is 18.5 Å². The first-order chi connectivity index (χ1) is 12.6. The Balaban J connectivity index is 1.46. The zero-order valence-corrected chi connectivity index (χ0v) is 14.6. The molecule has 4 rings (SSSR count). The summed E-state index contributed by atoms with van der Waals surface area (Å²) in [6.45, 7) is 3.72. The van der Waals surface area contributed by atoms with Crippen LogP contribution in [-0.4, -0.2) is 31.6 Å². The van der Waals surface area contributed by atoms with E-state index in [1.165, 1.54) is 23.0 Å². The van der Waals surface area contributed by atoms with E-state index in [9.17, 15) is 9.59 Å². The number of ketones is 1. The van der Waals surface area contributed by atoms with Crippen LogP contribution in [0.15, 0.2) is 36.4 Å². The first kappa shape index (κ1) is 16.6. The van der Waals surface area contributed by atoms with Crippen LogP contribution < -0.4 is 19.7 Å². The number of nitrogens with one attached hydrogen (secondary N) is 2. The Kier molecular flexibility index (Phi) is 4.34. The van der Waals surface area contributed by atoms with E-state index >= 15 is 0 Å². The smallest absolute Gasteiger partial charge is 0.279 e. The molecule has 1 unspecified atom stereocenters. The monoisotopic (exact) mass is 353 g/mol. The first-order valence-corrected chi connectivity index (χ1v) is 8.75. The van der Waals surface area contributed by atoms with Gasteiger partial charge in [0.1, 0.15) is 6.54 Å². The van der Waals surface area contributed by atoms with Gasteiger partial charge in [0.15, 0.2) is 23.8 Å². The molecule has 2 N–H and O–H groups in total. The molecule has 0 fully saturated rings. The third-order valence-electron chi connectivity index (χ3n) is 4.88. The van der Waals surface area contributed by atoms with Crippen LogP contribution in [0.25, 0.3) is 0 Å². The van der Waals surface area contributed by atoms with E-state index in [0.717, 1.165) is 19.5 Å². The van der Waals surface area contributed by atoms with Gasteiger partial charge in [-0.15, -0.1) is 0 Å². The van der Waals surface area contributed by atoms with Gasteiger partial charge in [0, 0.05) is 23.6 Å². The Labute approximate surface area is 151 Å². The van der Waals surface area contributed by atoms with E-state index in [0.29, 0.717) is 29.3 Å². The molecular weight excluding hydrogens is 332 g/mol. The van der Waals surface area contributed by atoms with Crippen LogP contribution in [-0.2, 0) is 17.8 Å². The average Bonchev–Trinajstić information content (AvgIpc) is 3.08. The molecule has 1 atom stereocenters. The van der Waals surface area contributed by atoms with Gasteiger partial charge in [0.05, 0.1) is 12.2 Å². The minimum Gasteiger partial charge on any atom is -0.454 e. The van der Waals surface area contributed by atoms with Gasteiger partial charge in [-0.25, -0.2) is 0 Å². The minimum atomic E-state index is -0.127. The van der Waals surface area contributed by atoms with Gasteiger partial charge in [-0.05, 0) is 18.6 Å². The number of anilines is 1. The van der Waals surface area contributed by atoms with Crippen LogP contribution in [0.3, 0.4) is 0 Å². The Hall–Kier alpha value is -2.86. The zero-order chi connectivity index (χ0) is 18.1. The molecular formula is C20H21N2O4+. The van der Waals surface area contributed by atoms with Crippen LogP contribution >= 0.6 is 0 Å². The summed E-state index contributed by atoms with van der Waals surface area (Å²) in [6.07, 6.45) is 0.974. The lowest BCUT2D eigenvalue weighted by molar-refractivity contribution is -0.907. The number of fused-ring (bicyclic) bond motifs is 2. The van der Waals surface area contributed by atoms with Crippen molar-refractivity contribution in [3.8, 4) is 11.5 Å². The van der Waals surface area contributed by atoms with Gasteiger partial charge >= 0.3 is 0 Å². The van der Waals surface area contributed by atoms with Crippen molar-refractivity contribution in [2.75, 3.05) is 25.2 Å². The number of amides is 1. The highest BCUT2D eigenvalue weighted by Gasteiger charge is 2.24. The highest BCUT2D eigenvalue weighted by Crippen LogP contribution is 2.37. The Morgan fingerprint density at radius 3 is 2.62 bits per heavy atom. The molecule has 0 saturated heterocycles. The Morgan fingerprint density at radius 2 is 1.85 bits per heavy atom. The van der Waals surface area contributed by atoms with Gasteiger partial charge < -0.3 is 19.7 Å². The van der Waals surface area contributed by atoms with E-state index in [1.54, 1.807) is 12.1 Å². The SMILES string of the molecule is CC(=O)c1cc2c(cc1NC(=O)C[NH+]1CCc3ccccc3C1)OCO2. The van der Waals surface area contributed by atoms with Crippen LogP contribution in [0.4, 0.5) is 5.69 Å². The first-order valence-electron chi connectivity index (χ1n) is 8.75. The molecule has 2 aliphatic rings. The van der Waals surface area contributed by atoms with E-state index in [2.05, 4.69) is 23.5 Å². The molecule has 2 aromatic rings. The average molecular weight is 353 g/mol. The van der Waals surface area contributed by atoms with Crippen molar-refractivity contribution in [3.63, 3.8) is 0 Å². The number of quaternary nitrogens is 1. The van der Waals surface area contributed by atoms with Gasteiger partial charge in [-0.3, -0.25) is 9.59 Å². The molecule has 2 heterocycles. The summed E-state index contributed by atoms with van der Waals surface area (Å²) >= 11 is 0. The fourth-order valence-corrected chi connectivity index (χ4v) is 3.55. The summed E-state index contributed by atoms with van der Waals surface area (Å²) in [7, 11) is 0. The molecule has 2 aromatic carbocycles. The molecule has 0 saturated carbocycles. The number of hydrogen-bond donors (Lipinski definition) is 2. The number of carbonyl (C=O) groups is 2. The molecule has 2 aliphatic heterocycles. The molecule has 1 amide bonds. The number of carbonyl (C=O) groups excluding carboxylic acids is 2. The number of rotatable bonds is 4. The number of benzene rings is 2. The molecule has 0 aliphatic carbocycles. The van der Waals surface area contributed by atoms with Gasteiger partial charge in [0.25, 0.3) is 5.91 Å². The predicted molar refractivity (Wildman–Crippen MR) is 95.7 cm³/mol. The molecule has 0 spiro atoms. The molecule has 134 valence electrons. The van der Waals surface area contributed by atoms with Gasteiger partial charge in [-0.1, -0.05) is 24.3 Å². The second kappa shape index (κ2) is 6.80. The molecule has 6 nitrogen and oxygen atoms in total. The highest BCUT2D eigenvalue weighted by molar-refractivity contribution is 6.04. The van der Waals surface area contributed by atoms with E-state index in [1.807, 2.05) is 6.07 Å². The topological polar surface area (TPSA) is 69.1 Å². The largest absolute Gasteiger partial charge is 0.454 e. The van der Waals surface area contributed by atoms with Crippen LogP contribution in [0, 0.1) is 0 Å². The molecule has 0 aromatic heterocycles. The van der Waals surface area contributed by atoms with E-state index in [4.69, 9.17) is 9.47 Å². The third kappa shape index (κ3) is 3.28. The summed E-state index contributed by atoms with van der Waals surface area (Å²) in [6, 6.07) is 11.7. The number of ether oxygens (including phenoxy) is 2. The van der Waals surface area contributed by atoms with Crippen molar-refractivity contribution >= 4 is 17.4 Å².